The molecular weight excluding hydrogens is 231 g/mol. The van der Waals surface area contributed by atoms with E-state index in [0.29, 0.717) is 6.16 Å². The molecular formula is C14H14O2P. The highest BCUT2D eigenvalue weighted by atomic mass is 31.1. The molecule has 0 aliphatic rings. The Hall–Kier alpha value is -1.53. The standard InChI is InChI=1S/C14H14O2P/c1-16-13-7-9-14(10-8-13)17(15)11-12-5-3-2-4-6-12/h3-10,17H,11H2,1H3. The molecule has 0 N–H and O–H groups in total. The van der Waals surface area contributed by atoms with Crippen molar-refractivity contribution in [2.24, 2.45) is 0 Å². The quantitative estimate of drug-likeness (QED) is 0.774. The van der Waals surface area contributed by atoms with Gasteiger partial charge in [0.15, 0.2) is 0 Å². The van der Waals surface area contributed by atoms with Crippen LogP contribution in [0.25, 0.3) is 0 Å². The zero-order chi connectivity index (χ0) is 12.1. The average Bonchev–Trinajstić information content (AvgIpc) is 2.40. The first-order valence-corrected chi connectivity index (χ1v) is 7.03. The van der Waals surface area contributed by atoms with Crippen molar-refractivity contribution in [1.82, 2.24) is 0 Å². The number of methoxy groups -OCH3 is 1. The van der Waals surface area contributed by atoms with E-state index in [-0.39, 0.29) is 0 Å². The van der Waals surface area contributed by atoms with Crippen LogP contribution in [-0.4, -0.2) is 7.11 Å². The van der Waals surface area contributed by atoms with E-state index in [9.17, 15) is 4.57 Å². The van der Waals surface area contributed by atoms with Crippen LogP contribution < -0.4 is 10.0 Å². The van der Waals surface area contributed by atoms with Crippen LogP contribution in [0.2, 0.25) is 0 Å². The Morgan fingerprint density at radius 1 is 1.12 bits per heavy atom. The molecule has 0 aliphatic heterocycles. The number of rotatable bonds is 4. The van der Waals surface area contributed by atoms with Gasteiger partial charge in [-0.1, -0.05) is 24.3 Å². The summed E-state index contributed by atoms with van der Waals surface area (Å²) in [6.45, 7) is 0. The smallest absolute Gasteiger partial charge is 0.118 e. The molecule has 1 unspecified atom stereocenters. The zero-order valence-corrected chi connectivity index (χ0v) is 10.6. The van der Waals surface area contributed by atoms with Crippen molar-refractivity contribution in [3.63, 3.8) is 0 Å². The first-order valence-electron chi connectivity index (χ1n) is 5.42. The molecule has 0 spiro atoms. The molecule has 0 heterocycles. The highest BCUT2D eigenvalue weighted by Gasteiger charge is 2.04. The second-order valence-electron chi connectivity index (χ2n) is 3.74. The third kappa shape index (κ3) is 3.21. The van der Waals surface area contributed by atoms with Gasteiger partial charge in [-0.15, -0.1) is 0 Å². The maximum atomic E-state index is 12.1. The second-order valence-corrected chi connectivity index (χ2v) is 5.51. The van der Waals surface area contributed by atoms with Gasteiger partial charge in [0.1, 0.15) is 13.6 Å². The van der Waals surface area contributed by atoms with E-state index < -0.39 is 7.80 Å². The Balaban J connectivity index is 2.09. The molecule has 17 heavy (non-hydrogen) atoms. The average molecular weight is 245 g/mol. The van der Waals surface area contributed by atoms with Crippen LogP contribution >= 0.6 is 7.80 Å². The Morgan fingerprint density at radius 3 is 2.35 bits per heavy atom. The zero-order valence-electron chi connectivity index (χ0n) is 9.64. The molecule has 0 aliphatic carbocycles. The Kier molecular flexibility index (Phi) is 4.00. The van der Waals surface area contributed by atoms with E-state index in [1.54, 1.807) is 7.11 Å². The summed E-state index contributed by atoms with van der Waals surface area (Å²) in [5, 5.41) is 0.892. The van der Waals surface area contributed by atoms with Gasteiger partial charge in [-0.3, -0.25) is 0 Å². The van der Waals surface area contributed by atoms with Gasteiger partial charge < -0.3 is 9.30 Å². The van der Waals surface area contributed by atoms with Gasteiger partial charge in [0.05, 0.1) is 7.11 Å². The molecule has 0 fully saturated rings. The lowest BCUT2D eigenvalue weighted by Crippen LogP contribution is -1.97. The molecule has 3 heteroatoms. The number of benzene rings is 2. The molecule has 0 saturated carbocycles. The Morgan fingerprint density at radius 2 is 1.76 bits per heavy atom. The monoisotopic (exact) mass is 245 g/mol. The van der Waals surface area contributed by atoms with E-state index in [0.717, 1.165) is 16.6 Å². The summed E-state index contributed by atoms with van der Waals surface area (Å²) in [5.41, 5.74) is 1.09. The Labute approximate surface area is 102 Å². The third-order valence-corrected chi connectivity index (χ3v) is 4.27. The van der Waals surface area contributed by atoms with Crippen molar-refractivity contribution in [3.8, 4) is 5.75 Å². The molecule has 1 atom stereocenters. The summed E-state index contributed by atoms with van der Waals surface area (Å²) >= 11 is 0. The minimum Gasteiger partial charge on any atom is -0.497 e. The lowest BCUT2D eigenvalue weighted by Gasteiger charge is -2.04. The molecule has 2 nitrogen and oxygen atoms in total. The molecule has 0 saturated heterocycles. The van der Waals surface area contributed by atoms with Gasteiger partial charge in [-0.2, -0.15) is 0 Å². The number of hydrogen-bond donors (Lipinski definition) is 0. The molecule has 0 bridgehead atoms. The first-order chi connectivity index (χ1) is 8.29. The van der Waals surface area contributed by atoms with E-state index in [2.05, 4.69) is 6.07 Å². The SMILES string of the molecule is COc1ccc([PH](=O)Cc2cc[c]cc2)cc1. The van der Waals surface area contributed by atoms with E-state index in [1.165, 1.54) is 0 Å². The largest absolute Gasteiger partial charge is 0.497 e. The van der Waals surface area contributed by atoms with Crippen LogP contribution in [0.3, 0.4) is 0 Å². The predicted octanol–water partition coefficient (Wildman–Crippen LogP) is 2.88. The van der Waals surface area contributed by atoms with Crippen LogP contribution in [0.4, 0.5) is 0 Å². The highest BCUT2D eigenvalue weighted by molar-refractivity contribution is 7.52. The summed E-state index contributed by atoms with van der Waals surface area (Å²) < 4.78 is 17.2. The number of ether oxygens (including phenoxy) is 1. The predicted molar refractivity (Wildman–Crippen MR) is 70.6 cm³/mol. The molecule has 2 aromatic rings. The molecule has 0 amide bonds. The molecule has 87 valence electrons. The third-order valence-electron chi connectivity index (χ3n) is 2.56. The maximum Gasteiger partial charge on any atom is 0.118 e. The van der Waals surface area contributed by atoms with Gasteiger partial charge in [0.25, 0.3) is 0 Å². The number of hydrogen-bond acceptors (Lipinski definition) is 2. The minimum atomic E-state index is -1.76. The molecule has 1 radical (unpaired) electrons. The summed E-state index contributed by atoms with van der Waals surface area (Å²) in [6, 6.07) is 18.0. The summed E-state index contributed by atoms with van der Waals surface area (Å²) in [6.07, 6.45) is 0.603. The lowest BCUT2D eigenvalue weighted by molar-refractivity contribution is 0.415. The van der Waals surface area contributed by atoms with Crippen molar-refractivity contribution < 1.29 is 9.30 Å². The fraction of sp³-hybridized carbons (Fsp3) is 0.143. The fourth-order valence-electron chi connectivity index (χ4n) is 1.60. The van der Waals surface area contributed by atoms with Crippen LogP contribution in [0.15, 0.2) is 48.5 Å². The van der Waals surface area contributed by atoms with Crippen LogP contribution in [0.5, 0.6) is 5.75 Å². The van der Waals surface area contributed by atoms with Crippen molar-refractivity contribution in [2.45, 2.75) is 6.16 Å². The fourth-order valence-corrected chi connectivity index (χ4v) is 2.95. The maximum absolute atomic E-state index is 12.1. The van der Waals surface area contributed by atoms with Gasteiger partial charge >= 0.3 is 0 Å². The van der Waals surface area contributed by atoms with E-state index in [1.807, 2.05) is 48.5 Å². The highest BCUT2D eigenvalue weighted by Crippen LogP contribution is 2.26. The lowest BCUT2D eigenvalue weighted by atomic mass is 10.2. The molecule has 2 aromatic carbocycles. The molecule has 0 aromatic heterocycles. The Bertz CT molecular complexity index is 491. The first kappa shape index (κ1) is 11.9. The van der Waals surface area contributed by atoms with Crippen molar-refractivity contribution in [3.05, 3.63) is 60.2 Å². The van der Waals surface area contributed by atoms with Crippen LogP contribution in [0.1, 0.15) is 5.56 Å². The van der Waals surface area contributed by atoms with Crippen molar-refractivity contribution in [2.75, 3.05) is 7.11 Å². The van der Waals surface area contributed by atoms with E-state index in [4.69, 9.17) is 4.74 Å². The topological polar surface area (TPSA) is 26.3 Å². The van der Waals surface area contributed by atoms with Crippen LogP contribution in [0, 0.1) is 6.07 Å². The summed E-state index contributed by atoms with van der Waals surface area (Å²) in [7, 11) is -0.140. The van der Waals surface area contributed by atoms with Crippen molar-refractivity contribution >= 4 is 13.1 Å². The summed E-state index contributed by atoms with van der Waals surface area (Å²) in [5.74, 6) is 0.790. The van der Waals surface area contributed by atoms with Gasteiger partial charge in [0, 0.05) is 11.5 Å². The molecule has 2 rings (SSSR count). The van der Waals surface area contributed by atoms with Gasteiger partial charge in [-0.25, -0.2) is 0 Å². The summed E-state index contributed by atoms with van der Waals surface area (Å²) in [4.78, 5) is 0. The minimum absolute atomic E-state index is 0.603. The van der Waals surface area contributed by atoms with Crippen LogP contribution in [-0.2, 0) is 10.7 Å². The second kappa shape index (κ2) is 5.70. The van der Waals surface area contributed by atoms with Crippen molar-refractivity contribution in [1.29, 1.82) is 0 Å². The van der Waals surface area contributed by atoms with Gasteiger partial charge in [0.2, 0.25) is 0 Å². The van der Waals surface area contributed by atoms with Gasteiger partial charge in [-0.05, 0) is 35.9 Å². The van der Waals surface area contributed by atoms with E-state index >= 15 is 0 Å². The normalized spacial score (nSPS) is 12.1.